The Kier molecular flexibility index (Phi) is 6.46. The molecule has 1 rings (SSSR count). The summed E-state index contributed by atoms with van der Waals surface area (Å²) in [6.45, 7) is 3.22. The predicted molar refractivity (Wildman–Crippen MR) is 65.3 cm³/mol. The molecule has 94 valence electrons. The van der Waals surface area contributed by atoms with Gasteiger partial charge in [0, 0.05) is 12.5 Å². The first-order chi connectivity index (χ1) is 7.76. The highest BCUT2D eigenvalue weighted by atomic mass is 16.5. The zero-order valence-electron chi connectivity index (χ0n) is 10.6. The molecule has 1 saturated carbocycles. The van der Waals surface area contributed by atoms with Gasteiger partial charge in [-0.1, -0.05) is 26.2 Å². The van der Waals surface area contributed by atoms with Gasteiger partial charge in [0.2, 0.25) is 0 Å². The number of hydrogen-bond donors (Lipinski definition) is 1. The normalized spacial score (nSPS) is 25.4. The van der Waals surface area contributed by atoms with Gasteiger partial charge in [-0.05, 0) is 31.7 Å². The minimum Gasteiger partial charge on any atom is -0.469 e. The molecule has 0 spiro atoms. The van der Waals surface area contributed by atoms with E-state index in [-0.39, 0.29) is 5.97 Å². The van der Waals surface area contributed by atoms with Crippen molar-refractivity contribution >= 4 is 5.97 Å². The number of carbonyl (C=O) groups is 1. The minimum absolute atomic E-state index is 0.100. The maximum Gasteiger partial charge on any atom is 0.305 e. The highest BCUT2D eigenvalue weighted by molar-refractivity contribution is 5.69. The molecule has 3 nitrogen and oxygen atoms in total. The number of nitrogens with one attached hydrogen (secondary N) is 1. The van der Waals surface area contributed by atoms with E-state index in [0.29, 0.717) is 12.5 Å². The number of methoxy groups -OCH3 is 1. The molecule has 0 bridgehead atoms. The second kappa shape index (κ2) is 7.66. The molecule has 3 heteroatoms. The third-order valence-corrected chi connectivity index (χ3v) is 3.58. The fraction of sp³-hybridized carbons (Fsp3) is 0.923. The number of carbonyl (C=O) groups excluding carboxylic acids is 1. The summed E-state index contributed by atoms with van der Waals surface area (Å²) in [6.07, 6.45) is 8.10. The molecular formula is C13H25NO2. The summed E-state index contributed by atoms with van der Waals surface area (Å²) in [5, 5.41) is 3.56. The average molecular weight is 227 g/mol. The first kappa shape index (κ1) is 13.5. The van der Waals surface area contributed by atoms with E-state index >= 15 is 0 Å². The molecule has 16 heavy (non-hydrogen) atoms. The number of hydrogen-bond acceptors (Lipinski definition) is 3. The van der Waals surface area contributed by atoms with Crippen LogP contribution in [0.5, 0.6) is 0 Å². The lowest BCUT2D eigenvalue weighted by atomic mass is 9.84. The van der Waals surface area contributed by atoms with Gasteiger partial charge < -0.3 is 10.1 Å². The van der Waals surface area contributed by atoms with Gasteiger partial charge in [-0.3, -0.25) is 4.79 Å². The average Bonchev–Trinajstić information content (AvgIpc) is 2.34. The van der Waals surface area contributed by atoms with E-state index in [4.69, 9.17) is 0 Å². The fourth-order valence-corrected chi connectivity index (χ4v) is 2.49. The summed E-state index contributed by atoms with van der Waals surface area (Å²) in [6, 6.07) is 0.677. The molecule has 0 heterocycles. The van der Waals surface area contributed by atoms with Gasteiger partial charge in [0.1, 0.15) is 0 Å². The Labute approximate surface area is 98.9 Å². The monoisotopic (exact) mass is 227 g/mol. The summed E-state index contributed by atoms with van der Waals surface area (Å²) in [4.78, 5) is 10.9. The third kappa shape index (κ3) is 4.97. The standard InChI is InChI=1S/C13H25NO2/c1-3-11-6-4-7-12(10-11)14-9-5-8-13(15)16-2/h11-12,14H,3-10H2,1-2H3. The predicted octanol–water partition coefficient (Wildman–Crippen LogP) is 2.50. The van der Waals surface area contributed by atoms with Crippen LogP contribution in [0.15, 0.2) is 0 Å². The smallest absolute Gasteiger partial charge is 0.305 e. The van der Waals surface area contributed by atoms with Crippen LogP contribution in [0.3, 0.4) is 0 Å². The molecule has 0 amide bonds. The summed E-state index contributed by atoms with van der Waals surface area (Å²) in [5.74, 6) is 0.809. The van der Waals surface area contributed by atoms with E-state index < -0.39 is 0 Å². The lowest BCUT2D eigenvalue weighted by Gasteiger charge is -2.29. The van der Waals surface area contributed by atoms with Crippen molar-refractivity contribution in [2.75, 3.05) is 13.7 Å². The van der Waals surface area contributed by atoms with Crippen molar-refractivity contribution in [2.45, 2.75) is 57.9 Å². The number of esters is 1. The molecule has 1 aliphatic carbocycles. The van der Waals surface area contributed by atoms with Crippen molar-refractivity contribution in [1.82, 2.24) is 5.32 Å². The molecule has 0 saturated heterocycles. The Morgan fingerprint density at radius 1 is 1.44 bits per heavy atom. The van der Waals surface area contributed by atoms with Crippen LogP contribution in [0.2, 0.25) is 0 Å². The van der Waals surface area contributed by atoms with Crippen molar-refractivity contribution in [2.24, 2.45) is 5.92 Å². The maximum atomic E-state index is 10.9. The molecular weight excluding hydrogens is 202 g/mol. The van der Waals surface area contributed by atoms with Gasteiger partial charge >= 0.3 is 5.97 Å². The lowest BCUT2D eigenvalue weighted by Crippen LogP contribution is -2.34. The van der Waals surface area contributed by atoms with Crippen LogP contribution in [0.4, 0.5) is 0 Å². The molecule has 0 aromatic carbocycles. The molecule has 0 aliphatic heterocycles. The summed E-state index contributed by atoms with van der Waals surface area (Å²) in [7, 11) is 1.45. The second-order valence-corrected chi connectivity index (χ2v) is 4.77. The van der Waals surface area contributed by atoms with Gasteiger partial charge in [-0.25, -0.2) is 0 Å². The SMILES string of the molecule is CCC1CCCC(NCCCC(=O)OC)C1. The van der Waals surface area contributed by atoms with Crippen molar-refractivity contribution in [1.29, 1.82) is 0 Å². The van der Waals surface area contributed by atoms with Gasteiger partial charge in [0.15, 0.2) is 0 Å². The molecule has 0 aromatic heterocycles. The van der Waals surface area contributed by atoms with Gasteiger partial charge in [-0.15, -0.1) is 0 Å². The number of rotatable bonds is 6. The van der Waals surface area contributed by atoms with E-state index in [1.807, 2.05) is 0 Å². The molecule has 0 aromatic rings. The Bertz CT molecular complexity index is 206. The maximum absolute atomic E-state index is 10.9. The third-order valence-electron chi connectivity index (χ3n) is 3.58. The molecule has 2 atom stereocenters. The van der Waals surface area contributed by atoms with Crippen LogP contribution in [-0.4, -0.2) is 25.7 Å². The van der Waals surface area contributed by atoms with Crippen molar-refractivity contribution in [3.8, 4) is 0 Å². The van der Waals surface area contributed by atoms with Crippen LogP contribution in [0, 0.1) is 5.92 Å². The highest BCUT2D eigenvalue weighted by Gasteiger charge is 2.19. The van der Waals surface area contributed by atoms with Crippen molar-refractivity contribution in [3.05, 3.63) is 0 Å². The summed E-state index contributed by atoms with van der Waals surface area (Å²) in [5.41, 5.74) is 0. The zero-order valence-corrected chi connectivity index (χ0v) is 10.6. The van der Waals surface area contributed by atoms with Gasteiger partial charge in [0.05, 0.1) is 7.11 Å². The van der Waals surface area contributed by atoms with E-state index in [0.717, 1.165) is 18.9 Å². The Balaban J connectivity index is 2.06. The van der Waals surface area contributed by atoms with Crippen LogP contribution < -0.4 is 5.32 Å². The summed E-state index contributed by atoms with van der Waals surface area (Å²) >= 11 is 0. The Morgan fingerprint density at radius 3 is 2.94 bits per heavy atom. The largest absolute Gasteiger partial charge is 0.469 e. The van der Waals surface area contributed by atoms with E-state index in [1.165, 1.54) is 39.2 Å². The van der Waals surface area contributed by atoms with Crippen LogP contribution >= 0.6 is 0 Å². The van der Waals surface area contributed by atoms with Crippen LogP contribution in [0.25, 0.3) is 0 Å². The minimum atomic E-state index is -0.100. The van der Waals surface area contributed by atoms with Gasteiger partial charge in [0.25, 0.3) is 0 Å². The second-order valence-electron chi connectivity index (χ2n) is 4.77. The van der Waals surface area contributed by atoms with Crippen LogP contribution in [0.1, 0.15) is 51.9 Å². The Morgan fingerprint density at radius 2 is 2.25 bits per heavy atom. The first-order valence-electron chi connectivity index (χ1n) is 6.56. The van der Waals surface area contributed by atoms with E-state index in [1.54, 1.807) is 0 Å². The first-order valence-corrected chi connectivity index (χ1v) is 6.56. The molecule has 1 fully saturated rings. The Hall–Kier alpha value is -0.570. The van der Waals surface area contributed by atoms with Crippen molar-refractivity contribution in [3.63, 3.8) is 0 Å². The van der Waals surface area contributed by atoms with Crippen molar-refractivity contribution < 1.29 is 9.53 Å². The van der Waals surface area contributed by atoms with Crippen LogP contribution in [-0.2, 0) is 9.53 Å². The lowest BCUT2D eigenvalue weighted by molar-refractivity contribution is -0.140. The number of ether oxygens (including phenoxy) is 1. The van der Waals surface area contributed by atoms with E-state index in [2.05, 4.69) is 17.0 Å². The zero-order chi connectivity index (χ0) is 11.8. The summed E-state index contributed by atoms with van der Waals surface area (Å²) < 4.78 is 4.61. The molecule has 1 aliphatic rings. The highest BCUT2D eigenvalue weighted by Crippen LogP contribution is 2.26. The quantitative estimate of drug-likeness (QED) is 0.559. The molecule has 2 unspecified atom stereocenters. The topological polar surface area (TPSA) is 38.3 Å². The van der Waals surface area contributed by atoms with Gasteiger partial charge in [-0.2, -0.15) is 0 Å². The molecule has 0 radical (unpaired) electrons. The molecule has 1 N–H and O–H groups in total. The fourth-order valence-electron chi connectivity index (χ4n) is 2.49. The van der Waals surface area contributed by atoms with E-state index in [9.17, 15) is 4.79 Å².